The minimum Gasteiger partial charge on any atom is -0.475 e. The summed E-state index contributed by atoms with van der Waals surface area (Å²) in [5, 5.41) is 17.7. The molecule has 0 radical (unpaired) electrons. The summed E-state index contributed by atoms with van der Waals surface area (Å²) in [7, 11) is -3.19. The number of aliphatic carboxylic acids is 1. The third kappa shape index (κ3) is 9.04. The SMILES string of the molecule is CS(=O)(=O)NC1CCC(N(N)CC(=O)N2CSCC2C#N)CC1.O=C(O)C(F)(F)F. The molecule has 1 atom stereocenters. The lowest BCUT2D eigenvalue weighted by molar-refractivity contribution is -0.192. The Morgan fingerprint density at radius 2 is 1.87 bits per heavy atom. The van der Waals surface area contributed by atoms with E-state index in [1.165, 1.54) is 5.01 Å². The summed E-state index contributed by atoms with van der Waals surface area (Å²) < 4.78 is 56.8. The molecule has 1 amide bonds. The van der Waals surface area contributed by atoms with Gasteiger partial charge in [-0.15, -0.1) is 11.8 Å². The lowest BCUT2D eigenvalue weighted by atomic mass is 9.91. The standard InChI is InChI=1S/C13H23N5O3S2.C2HF3O2/c1-23(20,21)16-10-2-4-11(5-3-10)18(15)7-13(19)17-9-22-8-12(17)6-14;3-2(4,5)1(6)7/h10-12,16H,2-5,7-9,15H2,1H3;(H,6,7). The van der Waals surface area contributed by atoms with Gasteiger partial charge in [-0.05, 0) is 25.7 Å². The van der Waals surface area contributed by atoms with Crippen LogP contribution in [-0.4, -0.2) is 84.0 Å². The first-order valence-corrected chi connectivity index (χ1v) is 11.8. The van der Waals surface area contributed by atoms with Crippen LogP contribution < -0.4 is 10.6 Å². The third-order valence-electron chi connectivity index (χ3n) is 4.46. The Morgan fingerprint density at radius 3 is 2.30 bits per heavy atom. The molecule has 2 fully saturated rings. The summed E-state index contributed by atoms with van der Waals surface area (Å²) in [5.41, 5.74) is 0. The van der Waals surface area contributed by atoms with Crippen molar-refractivity contribution in [1.29, 1.82) is 5.26 Å². The van der Waals surface area contributed by atoms with Crippen molar-refractivity contribution in [1.82, 2.24) is 14.6 Å². The first-order chi connectivity index (χ1) is 13.7. The summed E-state index contributed by atoms with van der Waals surface area (Å²) in [5.74, 6) is 4.34. The molecule has 1 unspecified atom stereocenters. The maximum Gasteiger partial charge on any atom is 0.490 e. The van der Waals surface area contributed by atoms with Gasteiger partial charge in [-0.3, -0.25) is 10.6 Å². The normalized spacial score (nSPS) is 24.7. The molecule has 1 heterocycles. The number of nitrogens with two attached hydrogens (primary N) is 1. The van der Waals surface area contributed by atoms with Gasteiger partial charge in [0.15, 0.2) is 0 Å². The van der Waals surface area contributed by atoms with E-state index in [1.807, 2.05) is 0 Å². The fourth-order valence-electron chi connectivity index (χ4n) is 3.00. The number of hydrogen-bond acceptors (Lipinski definition) is 8. The van der Waals surface area contributed by atoms with Gasteiger partial charge in [0.2, 0.25) is 15.9 Å². The largest absolute Gasteiger partial charge is 0.490 e. The number of thioether (sulfide) groups is 1. The number of rotatable bonds is 5. The molecule has 2 rings (SSSR count). The van der Waals surface area contributed by atoms with Crippen molar-refractivity contribution in [3.8, 4) is 6.07 Å². The summed E-state index contributed by atoms with van der Waals surface area (Å²) in [4.78, 5) is 22.7. The average Bonchev–Trinajstić information content (AvgIpc) is 3.09. The molecule has 1 saturated carbocycles. The molecule has 0 aromatic heterocycles. The van der Waals surface area contributed by atoms with Gasteiger partial charge in [0.05, 0.1) is 24.7 Å². The summed E-state index contributed by atoms with van der Waals surface area (Å²) >= 11 is 1.57. The molecule has 1 aliphatic heterocycles. The molecule has 4 N–H and O–H groups in total. The third-order valence-corrected chi connectivity index (χ3v) is 6.23. The Bertz CT molecular complexity index is 751. The number of halogens is 3. The van der Waals surface area contributed by atoms with Crippen LogP contribution in [0, 0.1) is 11.3 Å². The number of amides is 1. The van der Waals surface area contributed by atoms with E-state index in [-0.39, 0.29) is 30.6 Å². The number of hydrogen-bond donors (Lipinski definition) is 3. The zero-order valence-corrected chi connectivity index (χ0v) is 17.8. The van der Waals surface area contributed by atoms with Crippen molar-refractivity contribution in [3.63, 3.8) is 0 Å². The molecule has 2 aliphatic rings. The Labute approximate surface area is 176 Å². The van der Waals surface area contributed by atoms with Gasteiger partial charge < -0.3 is 10.0 Å². The van der Waals surface area contributed by atoms with Crippen LogP contribution in [0.5, 0.6) is 0 Å². The quantitative estimate of drug-likeness (QED) is 0.370. The fraction of sp³-hybridized carbons (Fsp3) is 0.800. The maximum absolute atomic E-state index is 12.3. The van der Waals surface area contributed by atoms with Crippen molar-refractivity contribution in [2.45, 2.75) is 50.0 Å². The number of alkyl halides is 3. The van der Waals surface area contributed by atoms with Gasteiger partial charge in [-0.25, -0.2) is 22.9 Å². The lowest BCUT2D eigenvalue weighted by Gasteiger charge is -2.34. The van der Waals surface area contributed by atoms with Crippen molar-refractivity contribution in [2.75, 3.05) is 24.4 Å². The fourth-order valence-corrected chi connectivity index (χ4v) is 4.94. The van der Waals surface area contributed by atoms with E-state index in [0.717, 1.165) is 19.1 Å². The van der Waals surface area contributed by atoms with Crippen molar-refractivity contribution < 1.29 is 36.3 Å². The van der Waals surface area contributed by atoms with Crippen LogP contribution in [0.15, 0.2) is 0 Å². The monoisotopic (exact) mass is 475 g/mol. The molecule has 172 valence electrons. The number of nitrogens with one attached hydrogen (secondary N) is 1. The van der Waals surface area contributed by atoms with E-state index in [1.54, 1.807) is 16.7 Å². The molecule has 15 heteroatoms. The topological polar surface area (TPSA) is 157 Å². The Kier molecular flexibility index (Phi) is 9.82. The molecule has 0 bridgehead atoms. The van der Waals surface area contributed by atoms with Crippen LogP contribution in [0.2, 0.25) is 0 Å². The van der Waals surface area contributed by atoms with Crippen LogP contribution in [0.25, 0.3) is 0 Å². The minimum absolute atomic E-state index is 0.0525. The van der Waals surface area contributed by atoms with Crippen molar-refractivity contribution >= 4 is 33.7 Å². The average molecular weight is 476 g/mol. The summed E-state index contributed by atoms with van der Waals surface area (Å²) in [6.45, 7) is 0.0909. The zero-order chi connectivity index (χ0) is 23.1. The summed E-state index contributed by atoms with van der Waals surface area (Å²) in [6, 6.07) is 1.78. The van der Waals surface area contributed by atoms with Crippen molar-refractivity contribution in [2.24, 2.45) is 5.84 Å². The van der Waals surface area contributed by atoms with Gasteiger partial charge >= 0.3 is 12.1 Å². The van der Waals surface area contributed by atoms with Gasteiger partial charge in [0, 0.05) is 17.8 Å². The number of carboxylic acids is 1. The molecule has 1 saturated heterocycles. The highest BCUT2D eigenvalue weighted by Crippen LogP contribution is 2.24. The van der Waals surface area contributed by atoms with E-state index < -0.39 is 22.2 Å². The van der Waals surface area contributed by atoms with Gasteiger partial charge in [-0.1, -0.05) is 0 Å². The second-order valence-corrected chi connectivity index (χ2v) is 9.66. The first kappa shape index (κ1) is 26.4. The Hall–Kier alpha value is -1.60. The molecule has 1 aliphatic carbocycles. The van der Waals surface area contributed by atoms with Crippen LogP contribution in [0.4, 0.5) is 13.2 Å². The smallest absolute Gasteiger partial charge is 0.475 e. The maximum atomic E-state index is 12.3. The van der Waals surface area contributed by atoms with Crippen molar-refractivity contribution in [3.05, 3.63) is 0 Å². The number of carbonyl (C=O) groups excluding carboxylic acids is 1. The van der Waals surface area contributed by atoms with E-state index in [4.69, 9.17) is 21.0 Å². The molecule has 0 spiro atoms. The lowest BCUT2D eigenvalue weighted by Crippen LogP contribution is -2.51. The zero-order valence-electron chi connectivity index (χ0n) is 16.1. The predicted molar refractivity (Wildman–Crippen MR) is 102 cm³/mol. The van der Waals surface area contributed by atoms with E-state index in [2.05, 4.69) is 10.8 Å². The molecule has 0 aromatic carbocycles. The van der Waals surface area contributed by atoms with Gasteiger partial charge in [0.1, 0.15) is 6.04 Å². The number of hydrazine groups is 1. The molecule has 10 nitrogen and oxygen atoms in total. The number of carbonyl (C=O) groups is 2. The number of sulfonamides is 1. The van der Waals surface area contributed by atoms with Gasteiger partial charge in [0.25, 0.3) is 0 Å². The molecule has 0 aromatic rings. The van der Waals surface area contributed by atoms with E-state index in [9.17, 15) is 26.4 Å². The van der Waals surface area contributed by atoms with Crippen LogP contribution >= 0.6 is 11.8 Å². The van der Waals surface area contributed by atoms with E-state index in [0.29, 0.717) is 24.5 Å². The second kappa shape index (κ2) is 11.1. The van der Waals surface area contributed by atoms with E-state index >= 15 is 0 Å². The highest BCUT2D eigenvalue weighted by molar-refractivity contribution is 7.99. The second-order valence-electron chi connectivity index (χ2n) is 6.88. The van der Waals surface area contributed by atoms with Gasteiger partial charge in [-0.2, -0.15) is 18.4 Å². The molecular weight excluding hydrogens is 451 g/mol. The predicted octanol–water partition coefficient (Wildman–Crippen LogP) is 0.0809. The Balaban J connectivity index is 0.000000553. The highest BCUT2D eigenvalue weighted by atomic mass is 32.2. The van der Waals surface area contributed by atoms with Crippen LogP contribution in [0.1, 0.15) is 25.7 Å². The first-order valence-electron chi connectivity index (χ1n) is 8.80. The van der Waals surface area contributed by atoms with Crippen LogP contribution in [-0.2, 0) is 19.6 Å². The minimum atomic E-state index is -5.08. The number of carboxylic acid groups (broad SMARTS) is 1. The molecule has 30 heavy (non-hydrogen) atoms. The summed E-state index contributed by atoms with van der Waals surface area (Å²) in [6.07, 6.45) is -1.02. The number of nitriles is 1. The molecular formula is C15H24F3N5O5S2. The Morgan fingerprint density at radius 1 is 1.33 bits per heavy atom. The van der Waals surface area contributed by atoms with Crippen LogP contribution in [0.3, 0.4) is 0 Å². The number of nitrogens with zero attached hydrogens (tertiary/aromatic N) is 3. The highest BCUT2D eigenvalue weighted by Gasteiger charge is 2.38.